The highest BCUT2D eigenvalue weighted by atomic mass is 16.6. The molecule has 192 valence electrons. The molecule has 34 heavy (non-hydrogen) atoms. The lowest BCUT2D eigenvalue weighted by atomic mass is 10.0. The maximum atomic E-state index is 13.3. The van der Waals surface area contributed by atoms with Gasteiger partial charge >= 0.3 is 12.1 Å². The standard InChI is InChI=1S/C25H41N3O6/c1-25(2,3)34-24(32)27-19(22(30)28-15-11-14-20(28)21(29)26-4)13-10-8-6-7-9-12-17-16-18(17)23(31)33-5/h9,12,17-20H,6-8,10-11,13-16H2,1-5H3,(H,26,29)(H,27,32)/b12-9-/t17?,18?,19-,20?/m0/s1. The molecule has 0 aromatic carbocycles. The first-order chi connectivity index (χ1) is 16.1. The number of carbonyl (C=O) groups excluding carboxylic acids is 4. The highest BCUT2D eigenvalue weighted by molar-refractivity contribution is 5.91. The molecular weight excluding hydrogens is 438 g/mol. The van der Waals surface area contributed by atoms with Gasteiger partial charge in [0, 0.05) is 13.6 Å². The van der Waals surface area contributed by atoms with Gasteiger partial charge in [0.15, 0.2) is 0 Å². The van der Waals surface area contributed by atoms with Crippen molar-refractivity contribution in [1.29, 1.82) is 0 Å². The molecule has 1 heterocycles. The summed E-state index contributed by atoms with van der Waals surface area (Å²) in [5.41, 5.74) is -0.670. The van der Waals surface area contributed by atoms with Crippen LogP contribution in [0.3, 0.4) is 0 Å². The number of esters is 1. The van der Waals surface area contributed by atoms with Crippen LogP contribution in [0, 0.1) is 11.8 Å². The average Bonchev–Trinajstić information content (AvgIpc) is 3.38. The van der Waals surface area contributed by atoms with Gasteiger partial charge in [-0.05, 0) is 65.2 Å². The third-order valence-corrected chi connectivity index (χ3v) is 6.16. The monoisotopic (exact) mass is 479 g/mol. The molecule has 2 fully saturated rings. The number of ether oxygens (including phenoxy) is 2. The van der Waals surface area contributed by atoms with Gasteiger partial charge in [0.1, 0.15) is 17.7 Å². The lowest BCUT2D eigenvalue weighted by Gasteiger charge is -2.29. The maximum Gasteiger partial charge on any atom is 0.408 e. The van der Waals surface area contributed by atoms with Crippen molar-refractivity contribution in [3.8, 4) is 0 Å². The van der Waals surface area contributed by atoms with E-state index in [1.165, 1.54) is 7.11 Å². The summed E-state index contributed by atoms with van der Waals surface area (Å²) in [5.74, 6) is -0.255. The van der Waals surface area contributed by atoms with E-state index < -0.39 is 23.8 Å². The van der Waals surface area contributed by atoms with Crippen LogP contribution in [0.5, 0.6) is 0 Å². The zero-order chi connectivity index (χ0) is 25.3. The first kappa shape index (κ1) is 27.7. The van der Waals surface area contributed by atoms with Gasteiger partial charge in [-0.25, -0.2) is 4.79 Å². The molecule has 0 radical (unpaired) electrons. The minimum Gasteiger partial charge on any atom is -0.469 e. The van der Waals surface area contributed by atoms with E-state index in [0.717, 1.165) is 38.5 Å². The Morgan fingerprint density at radius 1 is 1.15 bits per heavy atom. The van der Waals surface area contributed by atoms with Crippen LogP contribution in [-0.2, 0) is 23.9 Å². The summed E-state index contributed by atoms with van der Waals surface area (Å²) < 4.78 is 10.1. The van der Waals surface area contributed by atoms with E-state index in [1.54, 1.807) is 32.7 Å². The van der Waals surface area contributed by atoms with Crippen LogP contribution in [0.2, 0.25) is 0 Å². The van der Waals surface area contributed by atoms with Gasteiger partial charge in [-0.15, -0.1) is 0 Å². The Kier molecular flexibility index (Phi) is 10.4. The molecule has 1 saturated heterocycles. The number of unbranched alkanes of at least 4 members (excludes halogenated alkanes) is 3. The highest BCUT2D eigenvalue weighted by Gasteiger charge is 2.42. The van der Waals surface area contributed by atoms with Crippen LogP contribution >= 0.6 is 0 Å². The van der Waals surface area contributed by atoms with Gasteiger partial charge in [-0.1, -0.05) is 25.0 Å². The predicted molar refractivity (Wildman–Crippen MR) is 128 cm³/mol. The molecule has 0 bridgehead atoms. The fourth-order valence-electron chi connectivity index (χ4n) is 4.29. The van der Waals surface area contributed by atoms with E-state index in [-0.39, 0.29) is 23.7 Å². The second-order valence-corrected chi connectivity index (χ2v) is 10.1. The van der Waals surface area contributed by atoms with E-state index >= 15 is 0 Å². The molecule has 1 aliphatic carbocycles. The van der Waals surface area contributed by atoms with E-state index in [2.05, 4.69) is 22.8 Å². The molecule has 2 aliphatic rings. The Hall–Kier alpha value is -2.58. The van der Waals surface area contributed by atoms with Crippen molar-refractivity contribution in [2.75, 3.05) is 20.7 Å². The molecule has 9 nitrogen and oxygen atoms in total. The summed E-state index contributed by atoms with van der Waals surface area (Å²) in [6.07, 6.45) is 9.77. The van der Waals surface area contributed by atoms with Crippen LogP contribution in [0.25, 0.3) is 0 Å². The Balaban J connectivity index is 1.85. The number of amides is 3. The van der Waals surface area contributed by atoms with Crippen molar-refractivity contribution in [3.05, 3.63) is 12.2 Å². The predicted octanol–water partition coefficient (Wildman–Crippen LogP) is 2.93. The van der Waals surface area contributed by atoms with Crippen molar-refractivity contribution < 1.29 is 28.7 Å². The van der Waals surface area contributed by atoms with E-state index in [4.69, 9.17) is 9.47 Å². The molecule has 1 aliphatic heterocycles. The first-order valence-electron chi connectivity index (χ1n) is 12.3. The summed E-state index contributed by atoms with van der Waals surface area (Å²) in [6.45, 7) is 5.82. The fraction of sp³-hybridized carbons (Fsp3) is 0.760. The number of hydrogen-bond acceptors (Lipinski definition) is 6. The quantitative estimate of drug-likeness (QED) is 0.268. The van der Waals surface area contributed by atoms with E-state index in [0.29, 0.717) is 25.3 Å². The Labute approximate surface area is 203 Å². The molecule has 0 spiro atoms. The third-order valence-electron chi connectivity index (χ3n) is 6.16. The van der Waals surface area contributed by atoms with E-state index in [1.807, 2.05) is 0 Å². The largest absolute Gasteiger partial charge is 0.469 e. The summed E-state index contributed by atoms with van der Waals surface area (Å²) >= 11 is 0. The minimum absolute atomic E-state index is 0.0103. The van der Waals surface area contributed by atoms with Gasteiger partial charge < -0.3 is 25.0 Å². The number of carbonyl (C=O) groups is 4. The van der Waals surface area contributed by atoms with Crippen molar-refractivity contribution >= 4 is 23.9 Å². The molecule has 3 unspecified atom stereocenters. The Morgan fingerprint density at radius 2 is 1.88 bits per heavy atom. The normalized spacial score (nSPS) is 22.9. The number of likely N-dealkylation sites (tertiary alicyclic amines) is 1. The number of allylic oxidation sites excluding steroid dienone is 2. The van der Waals surface area contributed by atoms with Crippen molar-refractivity contribution in [2.24, 2.45) is 11.8 Å². The Bertz CT molecular complexity index is 760. The molecule has 1 saturated carbocycles. The number of likely N-dealkylation sites (N-methyl/N-ethyl adjacent to an activating group) is 1. The lowest BCUT2D eigenvalue weighted by Crippen LogP contribution is -2.53. The average molecular weight is 480 g/mol. The fourth-order valence-corrected chi connectivity index (χ4v) is 4.29. The van der Waals surface area contributed by atoms with Gasteiger partial charge in [0.25, 0.3) is 0 Å². The smallest absolute Gasteiger partial charge is 0.408 e. The number of hydrogen-bond donors (Lipinski definition) is 2. The second-order valence-electron chi connectivity index (χ2n) is 10.1. The van der Waals surface area contributed by atoms with E-state index in [9.17, 15) is 19.2 Å². The van der Waals surface area contributed by atoms with Crippen LogP contribution in [0.4, 0.5) is 4.79 Å². The van der Waals surface area contributed by atoms with Gasteiger partial charge in [0.05, 0.1) is 13.0 Å². The summed E-state index contributed by atoms with van der Waals surface area (Å²) in [4.78, 5) is 50.9. The molecule has 2 N–H and O–H groups in total. The lowest BCUT2D eigenvalue weighted by molar-refractivity contribution is -0.142. The van der Waals surface area contributed by atoms with Crippen LogP contribution in [-0.4, -0.2) is 67.2 Å². The zero-order valence-electron chi connectivity index (χ0n) is 21.2. The number of nitrogens with one attached hydrogen (secondary N) is 2. The van der Waals surface area contributed by atoms with Gasteiger partial charge in [0.2, 0.25) is 11.8 Å². The molecule has 9 heteroatoms. The number of methoxy groups -OCH3 is 1. The Morgan fingerprint density at radius 3 is 2.53 bits per heavy atom. The van der Waals surface area contributed by atoms with Crippen LogP contribution in [0.1, 0.15) is 72.1 Å². The number of nitrogens with zero attached hydrogens (tertiary/aromatic N) is 1. The van der Waals surface area contributed by atoms with Gasteiger partial charge in [-0.2, -0.15) is 0 Å². The van der Waals surface area contributed by atoms with Crippen molar-refractivity contribution in [1.82, 2.24) is 15.5 Å². The third kappa shape index (κ3) is 8.65. The van der Waals surface area contributed by atoms with Crippen LogP contribution < -0.4 is 10.6 Å². The number of rotatable bonds is 11. The number of alkyl carbamates (subject to hydrolysis) is 1. The minimum atomic E-state index is -0.733. The summed E-state index contributed by atoms with van der Waals surface area (Å²) in [5, 5.41) is 5.35. The summed E-state index contributed by atoms with van der Waals surface area (Å²) in [7, 11) is 2.98. The molecule has 0 aromatic heterocycles. The highest BCUT2D eigenvalue weighted by Crippen LogP contribution is 2.40. The maximum absolute atomic E-state index is 13.3. The van der Waals surface area contributed by atoms with Crippen molar-refractivity contribution in [3.63, 3.8) is 0 Å². The second kappa shape index (κ2) is 12.8. The van der Waals surface area contributed by atoms with Crippen LogP contribution in [0.15, 0.2) is 12.2 Å². The summed E-state index contributed by atoms with van der Waals surface area (Å²) in [6, 6.07) is -1.23. The zero-order valence-corrected chi connectivity index (χ0v) is 21.2. The molecule has 0 aromatic rings. The first-order valence-corrected chi connectivity index (χ1v) is 12.3. The molecular formula is C25H41N3O6. The van der Waals surface area contributed by atoms with Crippen molar-refractivity contribution in [2.45, 2.75) is 89.8 Å². The molecule has 3 amide bonds. The molecule has 4 atom stereocenters. The SMILES string of the molecule is CNC(=O)C1CCCN1C(=O)[C@H](CCCCC/C=C\C1CC1C(=O)OC)NC(=O)OC(C)(C)C. The topological polar surface area (TPSA) is 114 Å². The molecule has 2 rings (SSSR count). The van der Waals surface area contributed by atoms with Gasteiger partial charge in [-0.3, -0.25) is 14.4 Å².